The Morgan fingerprint density at radius 1 is 1.45 bits per heavy atom. The van der Waals surface area contributed by atoms with Crippen LogP contribution in [0.4, 0.5) is 14.5 Å². The topological polar surface area (TPSA) is 56.0 Å². The summed E-state index contributed by atoms with van der Waals surface area (Å²) in [6, 6.07) is 3.72. The van der Waals surface area contributed by atoms with Crippen LogP contribution in [0, 0.1) is 28.9 Å². The Labute approximate surface area is 117 Å². The Hall–Kier alpha value is -1.67. The number of nitriles is 1. The fourth-order valence-corrected chi connectivity index (χ4v) is 2.98. The molecule has 20 heavy (non-hydrogen) atoms. The zero-order valence-corrected chi connectivity index (χ0v) is 11.4. The van der Waals surface area contributed by atoms with E-state index in [2.05, 4.69) is 12.2 Å². The molecule has 1 saturated carbocycles. The van der Waals surface area contributed by atoms with E-state index in [4.69, 9.17) is 5.26 Å². The number of rotatable bonds is 3. The van der Waals surface area contributed by atoms with Gasteiger partial charge in [-0.2, -0.15) is 5.26 Å². The molecule has 5 heteroatoms. The highest BCUT2D eigenvalue weighted by Gasteiger charge is 2.35. The van der Waals surface area contributed by atoms with Crippen molar-refractivity contribution in [2.24, 2.45) is 5.92 Å². The van der Waals surface area contributed by atoms with Crippen molar-refractivity contribution in [3.8, 4) is 6.07 Å². The molecule has 0 bridgehead atoms. The standard InChI is InChI=1S/C15H18F2N2O/c1-10-3-2-4-15(7-10,9-20)19-14-12(16)5-11(8-18)6-13(14)17/h5-6,10,19-20H,2-4,7,9H2,1H3. The molecule has 108 valence electrons. The summed E-state index contributed by atoms with van der Waals surface area (Å²) in [6.45, 7) is 1.90. The molecule has 2 unspecified atom stereocenters. The molecule has 0 aliphatic heterocycles. The van der Waals surface area contributed by atoms with E-state index in [1.807, 2.05) is 0 Å². The number of aliphatic hydroxyl groups is 1. The fourth-order valence-electron chi connectivity index (χ4n) is 2.98. The lowest BCUT2D eigenvalue weighted by Gasteiger charge is -2.40. The van der Waals surface area contributed by atoms with E-state index >= 15 is 0 Å². The molecule has 0 amide bonds. The van der Waals surface area contributed by atoms with Crippen LogP contribution in [0.15, 0.2) is 12.1 Å². The van der Waals surface area contributed by atoms with Gasteiger partial charge in [0.1, 0.15) is 5.69 Å². The van der Waals surface area contributed by atoms with Crippen molar-refractivity contribution >= 4 is 5.69 Å². The van der Waals surface area contributed by atoms with Gasteiger partial charge in [0, 0.05) is 0 Å². The zero-order valence-electron chi connectivity index (χ0n) is 11.4. The summed E-state index contributed by atoms with van der Waals surface area (Å²) in [5.74, 6) is -1.20. The van der Waals surface area contributed by atoms with E-state index in [9.17, 15) is 13.9 Å². The second-order valence-corrected chi connectivity index (χ2v) is 5.69. The molecule has 0 saturated heterocycles. The number of hydrogen-bond donors (Lipinski definition) is 2. The summed E-state index contributed by atoms with van der Waals surface area (Å²) in [6.07, 6.45) is 3.31. The maximum Gasteiger partial charge on any atom is 0.150 e. The smallest absolute Gasteiger partial charge is 0.150 e. The first kappa shape index (κ1) is 14.7. The van der Waals surface area contributed by atoms with E-state index in [-0.39, 0.29) is 17.9 Å². The van der Waals surface area contributed by atoms with E-state index in [1.165, 1.54) is 0 Å². The van der Waals surface area contributed by atoms with E-state index in [0.717, 1.165) is 25.0 Å². The number of anilines is 1. The molecule has 0 aromatic heterocycles. The average Bonchev–Trinajstić information content (AvgIpc) is 2.42. The first-order valence-corrected chi connectivity index (χ1v) is 6.78. The Morgan fingerprint density at radius 3 is 2.60 bits per heavy atom. The lowest BCUT2D eigenvalue weighted by Crippen LogP contribution is -2.46. The Bertz CT molecular complexity index is 518. The highest BCUT2D eigenvalue weighted by Crippen LogP contribution is 2.36. The predicted molar refractivity (Wildman–Crippen MR) is 72.1 cm³/mol. The molecule has 3 nitrogen and oxygen atoms in total. The lowest BCUT2D eigenvalue weighted by atomic mass is 9.76. The normalized spacial score (nSPS) is 26.1. The third-order valence-electron chi connectivity index (χ3n) is 3.96. The molecule has 0 radical (unpaired) electrons. The van der Waals surface area contributed by atoms with Crippen LogP contribution >= 0.6 is 0 Å². The van der Waals surface area contributed by atoms with Gasteiger partial charge in [0.05, 0.1) is 23.8 Å². The van der Waals surface area contributed by atoms with Crippen molar-refractivity contribution < 1.29 is 13.9 Å². The molecule has 1 aromatic carbocycles. The van der Waals surface area contributed by atoms with Crippen molar-refractivity contribution in [2.75, 3.05) is 11.9 Å². The van der Waals surface area contributed by atoms with Crippen LogP contribution in [0.5, 0.6) is 0 Å². The Balaban J connectivity index is 2.30. The zero-order chi connectivity index (χ0) is 14.8. The first-order valence-electron chi connectivity index (χ1n) is 6.78. The van der Waals surface area contributed by atoms with Crippen molar-refractivity contribution in [1.29, 1.82) is 5.26 Å². The molecule has 2 atom stereocenters. The Morgan fingerprint density at radius 2 is 2.10 bits per heavy atom. The molecular formula is C15H18F2N2O. The number of nitrogens with zero attached hydrogens (tertiary/aromatic N) is 1. The molecule has 1 fully saturated rings. The van der Waals surface area contributed by atoms with E-state index in [1.54, 1.807) is 6.07 Å². The van der Waals surface area contributed by atoms with Crippen LogP contribution in [-0.4, -0.2) is 17.3 Å². The SMILES string of the molecule is CC1CCCC(CO)(Nc2c(F)cc(C#N)cc2F)C1. The van der Waals surface area contributed by atoms with E-state index in [0.29, 0.717) is 18.8 Å². The van der Waals surface area contributed by atoms with Gasteiger partial charge in [0.15, 0.2) is 11.6 Å². The quantitative estimate of drug-likeness (QED) is 0.894. The lowest BCUT2D eigenvalue weighted by molar-refractivity contribution is 0.149. The molecule has 1 aliphatic rings. The summed E-state index contributed by atoms with van der Waals surface area (Å²) in [5.41, 5.74) is -0.999. The molecule has 1 aromatic rings. The van der Waals surface area contributed by atoms with Crippen LogP contribution in [0.1, 0.15) is 38.2 Å². The van der Waals surface area contributed by atoms with Gasteiger partial charge < -0.3 is 10.4 Å². The van der Waals surface area contributed by atoms with Crippen molar-refractivity contribution in [3.63, 3.8) is 0 Å². The number of aliphatic hydroxyl groups excluding tert-OH is 1. The van der Waals surface area contributed by atoms with Gasteiger partial charge in [-0.05, 0) is 30.9 Å². The van der Waals surface area contributed by atoms with E-state index < -0.39 is 17.2 Å². The highest BCUT2D eigenvalue weighted by molar-refractivity contribution is 5.52. The molecule has 2 N–H and O–H groups in total. The van der Waals surface area contributed by atoms with Crippen LogP contribution < -0.4 is 5.32 Å². The van der Waals surface area contributed by atoms with Gasteiger partial charge in [0.25, 0.3) is 0 Å². The molecular weight excluding hydrogens is 262 g/mol. The minimum Gasteiger partial charge on any atom is -0.394 e. The summed E-state index contributed by atoms with van der Waals surface area (Å²) in [5, 5.41) is 21.2. The average molecular weight is 280 g/mol. The Kier molecular flexibility index (Phi) is 4.24. The van der Waals surface area contributed by atoms with Gasteiger partial charge in [-0.3, -0.25) is 0 Å². The monoisotopic (exact) mass is 280 g/mol. The largest absolute Gasteiger partial charge is 0.394 e. The molecule has 0 heterocycles. The second-order valence-electron chi connectivity index (χ2n) is 5.69. The molecule has 0 spiro atoms. The first-order chi connectivity index (χ1) is 9.49. The minimum absolute atomic E-state index is 0.0550. The number of hydrogen-bond acceptors (Lipinski definition) is 3. The third kappa shape index (κ3) is 2.91. The van der Waals surface area contributed by atoms with Crippen LogP contribution in [-0.2, 0) is 0 Å². The van der Waals surface area contributed by atoms with Gasteiger partial charge in [0.2, 0.25) is 0 Å². The minimum atomic E-state index is -0.799. The van der Waals surface area contributed by atoms with Crippen LogP contribution in [0.3, 0.4) is 0 Å². The summed E-state index contributed by atoms with van der Waals surface area (Å²) in [4.78, 5) is 0. The fraction of sp³-hybridized carbons (Fsp3) is 0.533. The second kappa shape index (κ2) is 5.76. The summed E-state index contributed by atoms with van der Waals surface area (Å²) in [7, 11) is 0. The number of nitrogens with one attached hydrogen (secondary N) is 1. The van der Waals surface area contributed by atoms with Gasteiger partial charge in [-0.1, -0.05) is 19.8 Å². The van der Waals surface area contributed by atoms with Crippen LogP contribution in [0.25, 0.3) is 0 Å². The van der Waals surface area contributed by atoms with Gasteiger partial charge in [-0.25, -0.2) is 8.78 Å². The van der Waals surface area contributed by atoms with Crippen molar-refractivity contribution in [1.82, 2.24) is 0 Å². The van der Waals surface area contributed by atoms with Crippen molar-refractivity contribution in [3.05, 3.63) is 29.3 Å². The maximum atomic E-state index is 13.9. The van der Waals surface area contributed by atoms with Crippen LogP contribution in [0.2, 0.25) is 0 Å². The molecule has 1 aliphatic carbocycles. The third-order valence-corrected chi connectivity index (χ3v) is 3.96. The maximum absolute atomic E-state index is 13.9. The number of benzene rings is 1. The highest BCUT2D eigenvalue weighted by atomic mass is 19.1. The summed E-state index contributed by atoms with van der Waals surface area (Å²) < 4.78 is 27.8. The predicted octanol–water partition coefficient (Wildman–Crippen LogP) is 3.19. The number of halogens is 2. The van der Waals surface area contributed by atoms with Gasteiger partial charge >= 0.3 is 0 Å². The van der Waals surface area contributed by atoms with Crippen molar-refractivity contribution in [2.45, 2.75) is 38.1 Å². The van der Waals surface area contributed by atoms with Gasteiger partial charge in [-0.15, -0.1) is 0 Å². The molecule has 2 rings (SSSR count). The summed E-state index contributed by atoms with van der Waals surface area (Å²) >= 11 is 0.